The van der Waals surface area contributed by atoms with Gasteiger partial charge in [0.15, 0.2) is 11.7 Å². The molecule has 0 saturated heterocycles. The van der Waals surface area contributed by atoms with Gasteiger partial charge >= 0.3 is 0 Å². The van der Waals surface area contributed by atoms with Crippen molar-refractivity contribution in [3.05, 3.63) is 63.8 Å². The third kappa shape index (κ3) is 4.00. The van der Waals surface area contributed by atoms with Crippen LogP contribution >= 0.6 is 22.9 Å². The number of benzene rings is 1. The lowest BCUT2D eigenvalue weighted by Gasteiger charge is -2.21. The van der Waals surface area contributed by atoms with Crippen molar-refractivity contribution in [2.75, 3.05) is 0 Å². The summed E-state index contributed by atoms with van der Waals surface area (Å²) in [6.07, 6.45) is 4.78. The van der Waals surface area contributed by atoms with Gasteiger partial charge in [-0.3, -0.25) is 4.79 Å². The van der Waals surface area contributed by atoms with Gasteiger partial charge in [-0.15, -0.1) is 11.3 Å². The molecule has 0 radical (unpaired) electrons. The first-order valence-electron chi connectivity index (χ1n) is 8.72. The molecule has 1 saturated carbocycles. The molecule has 26 heavy (non-hydrogen) atoms. The predicted molar refractivity (Wildman–Crippen MR) is 103 cm³/mol. The summed E-state index contributed by atoms with van der Waals surface area (Å²) >= 11 is 7.89. The first-order chi connectivity index (χ1) is 12.7. The highest BCUT2D eigenvalue weighted by atomic mass is 35.5. The Hall–Kier alpha value is -2.11. The topological polar surface area (TPSA) is 46.3 Å². The zero-order chi connectivity index (χ0) is 17.9. The van der Waals surface area contributed by atoms with E-state index in [0.717, 1.165) is 18.4 Å². The average Bonchev–Trinajstić information content (AvgIpc) is 3.16. The van der Waals surface area contributed by atoms with Crippen LogP contribution in [0.4, 0.5) is 0 Å². The second-order valence-electron chi connectivity index (χ2n) is 6.43. The molecule has 134 valence electrons. The van der Waals surface area contributed by atoms with Crippen LogP contribution in [0.5, 0.6) is 0 Å². The second kappa shape index (κ2) is 7.64. The molecular weight excluding hydrogens is 368 g/mol. The number of thiophene rings is 1. The van der Waals surface area contributed by atoms with Crippen LogP contribution in [-0.2, 0) is 17.8 Å². The predicted octanol–water partition coefficient (Wildman–Crippen LogP) is 5.18. The minimum atomic E-state index is 0.165. The maximum Gasteiger partial charge on any atom is 0.223 e. The van der Waals surface area contributed by atoms with E-state index in [0.29, 0.717) is 42.1 Å². The normalized spacial score (nSPS) is 13.7. The van der Waals surface area contributed by atoms with Crippen LogP contribution in [0.25, 0.3) is 11.3 Å². The number of carbonyl (C=O) groups excluding carboxylic acids is 1. The van der Waals surface area contributed by atoms with E-state index in [9.17, 15) is 4.79 Å². The quantitative estimate of drug-likeness (QED) is 0.562. The molecule has 1 fully saturated rings. The molecule has 4 nitrogen and oxygen atoms in total. The fourth-order valence-corrected chi connectivity index (χ4v) is 3.88. The maximum absolute atomic E-state index is 12.7. The van der Waals surface area contributed by atoms with Crippen molar-refractivity contribution < 1.29 is 9.21 Å². The summed E-state index contributed by atoms with van der Waals surface area (Å²) in [6, 6.07) is 12.0. The Labute approximate surface area is 161 Å². The fraction of sp³-hybridized carbons (Fsp3) is 0.300. The Morgan fingerprint density at radius 3 is 2.85 bits per heavy atom. The van der Waals surface area contributed by atoms with Crippen LogP contribution in [0.15, 0.2) is 52.4 Å². The number of oxazole rings is 1. The van der Waals surface area contributed by atoms with Crippen LogP contribution in [0.1, 0.15) is 30.0 Å². The average molecular weight is 387 g/mol. The largest absolute Gasteiger partial charge is 0.441 e. The molecule has 0 unspecified atom stereocenters. The van der Waals surface area contributed by atoms with Crippen LogP contribution in [-0.4, -0.2) is 21.8 Å². The Balaban J connectivity index is 1.39. The van der Waals surface area contributed by atoms with E-state index in [1.54, 1.807) is 17.5 Å². The summed E-state index contributed by atoms with van der Waals surface area (Å²) in [5.74, 6) is 1.37. The molecule has 6 heteroatoms. The first-order valence-corrected chi connectivity index (χ1v) is 9.98. The van der Waals surface area contributed by atoms with E-state index in [-0.39, 0.29) is 5.91 Å². The highest BCUT2D eigenvalue weighted by molar-refractivity contribution is 7.09. The van der Waals surface area contributed by atoms with Crippen molar-refractivity contribution >= 4 is 28.8 Å². The molecule has 0 aliphatic heterocycles. The van der Waals surface area contributed by atoms with Crippen molar-refractivity contribution in [3.63, 3.8) is 0 Å². The van der Waals surface area contributed by atoms with Crippen LogP contribution in [0.3, 0.4) is 0 Å². The van der Waals surface area contributed by atoms with Crippen LogP contribution in [0.2, 0.25) is 5.02 Å². The standard InChI is InChI=1S/C20H19ClN2O2S/c21-17-6-2-1-5-16(17)18-12-22-19(25-18)9-10-20(24)23(14-7-8-14)13-15-4-3-11-26-15/h1-6,11-12,14H,7-10,13H2. The Bertz CT molecular complexity index is 887. The Kier molecular flexibility index (Phi) is 5.09. The zero-order valence-corrected chi connectivity index (χ0v) is 15.8. The smallest absolute Gasteiger partial charge is 0.223 e. The lowest BCUT2D eigenvalue weighted by Crippen LogP contribution is -2.32. The SMILES string of the molecule is O=C(CCc1ncc(-c2ccccc2Cl)o1)N(Cc1cccs1)C1CC1. The van der Waals surface area contributed by atoms with Crippen LogP contribution in [0, 0.1) is 0 Å². The summed E-state index contributed by atoms with van der Waals surface area (Å²) in [5, 5.41) is 2.68. The van der Waals surface area contributed by atoms with E-state index >= 15 is 0 Å². The third-order valence-electron chi connectivity index (χ3n) is 4.46. The van der Waals surface area contributed by atoms with Gasteiger partial charge in [-0.25, -0.2) is 4.98 Å². The van der Waals surface area contributed by atoms with Crippen molar-refractivity contribution in [3.8, 4) is 11.3 Å². The molecule has 2 aromatic heterocycles. The maximum atomic E-state index is 12.7. The van der Waals surface area contributed by atoms with Crippen molar-refractivity contribution in [1.29, 1.82) is 0 Å². The van der Waals surface area contributed by atoms with Gasteiger partial charge in [0, 0.05) is 29.3 Å². The molecular formula is C20H19ClN2O2S. The molecule has 0 atom stereocenters. The van der Waals surface area contributed by atoms with Crippen molar-refractivity contribution in [2.45, 2.75) is 38.3 Å². The number of halogens is 1. The molecule has 0 spiro atoms. The molecule has 0 N–H and O–H groups in total. The lowest BCUT2D eigenvalue weighted by molar-refractivity contribution is -0.132. The molecule has 3 aromatic rings. The van der Waals surface area contributed by atoms with E-state index in [2.05, 4.69) is 11.1 Å². The van der Waals surface area contributed by atoms with E-state index in [4.69, 9.17) is 16.0 Å². The van der Waals surface area contributed by atoms with Gasteiger partial charge in [0.1, 0.15) is 0 Å². The van der Waals surface area contributed by atoms with Crippen molar-refractivity contribution in [2.24, 2.45) is 0 Å². The van der Waals surface area contributed by atoms with E-state index in [1.165, 1.54) is 4.88 Å². The summed E-state index contributed by atoms with van der Waals surface area (Å²) < 4.78 is 5.80. The molecule has 1 aromatic carbocycles. The Morgan fingerprint density at radius 1 is 1.27 bits per heavy atom. The summed E-state index contributed by atoms with van der Waals surface area (Å²) in [4.78, 5) is 20.2. The number of amides is 1. The van der Waals surface area contributed by atoms with Gasteiger partial charge in [0.25, 0.3) is 0 Å². The minimum Gasteiger partial charge on any atom is -0.441 e. The van der Waals surface area contributed by atoms with Gasteiger partial charge in [0.2, 0.25) is 5.91 Å². The molecule has 1 aliphatic rings. The van der Waals surface area contributed by atoms with Gasteiger partial charge < -0.3 is 9.32 Å². The van der Waals surface area contributed by atoms with Gasteiger partial charge in [-0.2, -0.15) is 0 Å². The second-order valence-corrected chi connectivity index (χ2v) is 7.87. The highest BCUT2D eigenvalue weighted by Gasteiger charge is 2.32. The zero-order valence-electron chi connectivity index (χ0n) is 14.2. The molecule has 4 rings (SSSR count). The number of aromatic nitrogens is 1. The minimum absolute atomic E-state index is 0.165. The van der Waals surface area contributed by atoms with Crippen molar-refractivity contribution in [1.82, 2.24) is 9.88 Å². The number of nitrogens with zero attached hydrogens (tertiary/aromatic N) is 2. The van der Waals surface area contributed by atoms with Gasteiger partial charge in [-0.05, 0) is 36.4 Å². The molecule has 1 amide bonds. The number of rotatable bonds is 7. The number of hydrogen-bond donors (Lipinski definition) is 0. The monoisotopic (exact) mass is 386 g/mol. The number of carbonyl (C=O) groups is 1. The summed E-state index contributed by atoms with van der Waals surface area (Å²) in [5.41, 5.74) is 0.816. The third-order valence-corrected chi connectivity index (χ3v) is 5.65. The highest BCUT2D eigenvalue weighted by Crippen LogP contribution is 2.31. The molecule has 1 aliphatic carbocycles. The Morgan fingerprint density at radius 2 is 2.12 bits per heavy atom. The summed E-state index contributed by atoms with van der Waals surface area (Å²) in [6.45, 7) is 0.706. The fourth-order valence-electron chi connectivity index (χ4n) is 2.95. The first kappa shape index (κ1) is 17.3. The lowest BCUT2D eigenvalue weighted by atomic mass is 10.2. The number of hydrogen-bond acceptors (Lipinski definition) is 4. The summed E-state index contributed by atoms with van der Waals surface area (Å²) in [7, 11) is 0. The van der Waals surface area contributed by atoms with Gasteiger partial charge in [-0.1, -0.05) is 29.8 Å². The van der Waals surface area contributed by atoms with Crippen LogP contribution < -0.4 is 0 Å². The van der Waals surface area contributed by atoms with E-state index in [1.807, 2.05) is 40.6 Å². The van der Waals surface area contributed by atoms with E-state index < -0.39 is 0 Å². The molecule has 0 bridgehead atoms. The molecule has 2 heterocycles. The van der Waals surface area contributed by atoms with Gasteiger partial charge in [0.05, 0.1) is 17.8 Å². The number of aryl methyl sites for hydroxylation is 1.